The molecule has 1 heterocycles. The maximum atomic E-state index is 12.9. The number of fused-ring (bicyclic) bond motifs is 1. The second-order valence-corrected chi connectivity index (χ2v) is 4.84. The van der Waals surface area contributed by atoms with Gasteiger partial charge in [0.2, 0.25) is 0 Å². The molecule has 1 N–H and O–H groups in total. The molecule has 3 nitrogen and oxygen atoms in total. The lowest BCUT2D eigenvalue weighted by Gasteiger charge is -2.16. The molecule has 3 rings (SSSR count). The molecule has 84 valence electrons. The van der Waals surface area contributed by atoms with E-state index in [9.17, 15) is 4.39 Å². The van der Waals surface area contributed by atoms with Gasteiger partial charge in [-0.25, -0.2) is 4.39 Å². The number of hydrogen-bond donors (Lipinski definition) is 1. The lowest BCUT2D eigenvalue weighted by atomic mass is 10.3. The van der Waals surface area contributed by atoms with Crippen molar-refractivity contribution in [2.75, 3.05) is 6.61 Å². The molecule has 5 heteroatoms. The molecule has 0 radical (unpaired) electrons. The van der Waals surface area contributed by atoms with Gasteiger partial charge in [0.05, 0.1) is 17.2 Å². The number of amidine groups is 1. The number of nitrogens with one attached hydrogen (secondary N) is 1. The van der Waals surface area contributed by atoms with E-state index in [1.165, 1.54) is 36.9 Å². The first-order valence-corrected chi connectivity index (χ1v) is 6.07. The average molecular weight is 238 g/mol. The average Bonchev–Trinajstić information content (AvgIpc) is 3.10. The maximum absolute atomic E-state index is 12.9. The fraction of sp³-hybridized carbons (Fsp3) is 0.364. The number of halogens is 1. The van der Waals surface area contributed by atoms with Crippen molar-refractivity contribution in [3.8, 4) is 0 Å². The minimum absolute atomic E-state index is 0.245. The molecule has 1 aromatic carbocycles. The van der Waals surface area contributed by atoms with Crippen LogP contribution < -0.4 is 4.72 Å². The van der Waals surface area contributed by atoms with Gasteiger partial charge in [0, 0.05) is 0 Å². The van der Waals surface area contributed by atoms with E-state index < -0.39 is 0 Å². The predicted octanol–water partition coefficient (Wildman–Crippen LogP) is 2.85. The molecule has 0 aromatic heterocycles. The molecule has 0 bridgehead atoms. The molecule has 0 atom stereocenters. The van der Waals surface area contributed by atoms with Crippen LogP contribution in [0.5, 0.6) is 0 Å². The summed E-state index contributed by atoms with van der Waals surface area (Å²) in [6.45, 7) is 0.725. The summed E-state index contributed by atoms with van der Waals surface area (Å²) >= 11 is 1.34. The zero-order chi connectivity index (χ0) is 11.0. The van der Waals surface area contributed by atoms with Gasteiger partial charge in [0.1, 0.15) is 5.82 Å². The van der Waals surface area contributed by atoms with Gasteiger partial charge in [0.25, 0.3) is 0 Å². The Morgan fingerprint density at radius 2 is 2.38 bits per heavy atom. The second-order valence-electron chi connectivity index (χ2n) is 3.99. The molecular formula is C11H11FN2OS. The highest BCUT2D eigenvalue weighted by atomic mass is 32.2. The number of nitrogens with zero attached hydrogens (tertiary/aromatic N) is 1. The molecule has 2 aliphatic rings. The quantitative estimate of drug-likeness (QED) is 0.804. The van der Waals surface area contributed by atoms with Gasteiger partial charge in [-0.1, -0.05) is 0 Å². The van der Waals surface area contributed by atoms with E-state index in [0.29, 0.717) is 11.9 Å². The van der Waals surface area contributed by atoms with Gasteiger partial charge in [0.15, 0.2) is 0 Å². The molecule has 16 heavy (non-hydrogen) atoms. The van der Waals surface area contributed by atoms with Crippen molar-refractivity contribution in [1.29, 1.82) is 0 Å². The number of aliphatic imine (C=N–C) groups is 1. The molecule has 1 fully saturated rings. The van der Waals surface area contributed by atoms with E-state index >= 15 is 0 Å². The van der Waals surface area contributed by atoms with E-state index in [2.05, 4.69) is 9.71 Å². The van der Waals surface area contributed by atoms with Crippen LogP contribution in [-0.4, -0.2) is 12.6 Å². The van der Waals surface area contributed by atoms with Crippen LogP contribution in [0.2, 0.25) is 0 Å². The van der Waals surface area contributed by atoms with Gasteiger partial charge in [-0.05, 0) is 48.9 Å². The third-order valence-electron chi connectivity index (χ3n) is 2.54. The number of hydrogen-bond acceptors (Lipinski definition) is 4. The first-order chi connectivity index (χ1) is 7.81. The van der Waals surface area contributed by atoms with Crippen LogP contribution in [0.1, 0.15) is 12.8 Å². The summed E-state index contributed by atoms with van der Waals surface area (Å²) in [6.07, 6.45) is 2.50. The molecule has 0 saturated heterocycles. The van der Waals surface area contributed by atoms with Gasteiger partial charge in [-0.3, -0.25) is 4.72 Å². The molecule has 0 unspecified atom stereocenters. The van der Waals surface area contributed by atoms with Crippen molar-refractivity contribution in [2.24, 2.45) is 10.9 Å². The Balaban J connectivity index is 1.74. The van der Waals surface area contributed by atoms with Crippen molar-refractivity contribution < 1.29 is 9.13 Å². The zero-order valence-electron chi connectivity index (χ0n) is 8.57. The van der Waals surface area contributed by atoms with Crippen molar-refractivity contribution in [1.82, 2.24) is 4.72 Å². The maximum Gasteiger partial charge on any atom is 0.300 e. The minimum atomic E-state index is -0.245. The highest BCUT2D eigenvalue weighted by Gasteiger charge is 2.23. The van der Waals surface area contributed by atoms with Crippen LogP contribution in [0.15, 0.2) is 28.1 Å². The largest absolute Gasteiger partial charge is 0.464 e. The normalized spacial score (nSPS) is 18.4. The highest BCUT2D eigenvalue weighted by Crippen LogP contribution is 2.33. The van der Waals surface area contributed by atoms with Gasteiger partial charge < -0.3 is 4.74 Å². The smallest absolute Gasteiger partial charge is 0.300 e. The Kier molecular flexibility index (Phi) is 2.47. The minimum Gasteiger partial charge on any atom is -0.464 e. The summed E-state index contributed by atoms with van der Waals surface area (Å²) < 4.78 is 21.4. The van der Waals surface area contributed by atoms with E-state index in [1.807, 2.05) is 0 Å². The Morgan fingerprint density at radius 1 is 1.50 bits per heavy atom. The molecule has 1 aliphatic heterocycles. The Labute approximate surface area is 97.2 Å². The standard InChI is InChI=1S/C11H11FN2OS/c12-8-3-4-9-10(5-8)16-14-11(13-9)15-6-7-1-2-7/h3-5,7H,1-2,6H2,(H,13,14). The molecule has 0 amide bonds. The third-order valence-corrected chi connectivity index (χ3v) is 3.37. The summed E-state index contributed by atoms with van der Waals surface area (Å²) in [5.74, 6) is 0.453. The SMILES string of the molecule is Fc1ccc2c(c1)SNC(OCC1CC1)=N2. The zero-order valence-corrected chi connectivity index (χ0v) is 9.39. The van der Waals surface area contributed by atoms with Gasteiger partial charge in [-0.2, -0.15) is 4.99 Å². The van der Waals surface area contributed by atoms with E-state index in [0.717, 1.165) is 17.2 Å². The van der Waals surface area contributed by atoms with Crippen molar-refractivity contribution >= 4 is 23.7 Å². The van der Waals surface area contributed by atoms with Crippen molar-refractivity contribution in [2.45, 2.75) is 17.7 Å². The molecule has 0 spiro atoms. The predicted molar refractivity (Wildman–Crippen MR) is 61.2 cm³/mol. The Bertz CT molecular complexity index is 446. The second kappa shape index (κ2) is 3.97. The summed E-state index contributed by atoms with van der Waals surface area (Å²) in [5, 5.41) is 0. The van der Waals surface area contributed by atoms with E-state index in [-0.39, 0.29) is 5.82 Å². The summed E-state index contributed by atoms with van der Waals surface area (Å²) in [5.41, 5.74) is 0.760. The third kappa shape index (κ3) is 2.14. The topological polar surface area (TPSA) is 33.6 Å². The number of ether oxygens (including phenoxy) is 1. The van der Waals surface area contributed by atoms with Crippen LogP contribution in [-0.2, 0) is 4.74 Å². The van der Waals surface area contributed by atoms with Crippen molar-refractivity contribution in [3.05, 3.63) is 24.0 Å². The van der Waals surface area contributed by atoms with E-state index in [4.69, 9.17) is 4.74 Å². The first kappa shape index (κ1) is 9.96. The first-order valence-electron chi connectivity index (χ1n) is 5.25. The summed E-state index contributed by atoms with van der Waals surface area (Å²) in [7, 11) is 0. The lowest BCUT2D eigenvalue weighted by molar-refractivity contribution is 0.279. The molecule has 1 aliphatic carbocycles. The Hall–Kier alpha value is -1.23. The van der Waals surface area contributed by atoms with Crippen LogP contribution in [0, 0.1) is 11.7 Å². The van der Waals surface area contributed by atoms with E-state index in [1.54, 1.807) is 6.07 Å². The van der Waals surface area contributed by atoms with Crippen molar-refractivity contribution in [3.63, 3.8) is 0 Å². The Morgan fingerprint density at radius 3 is 3.19 bits per heavy atom. The monoisotopic (exact) mass is 238 g/mol. The fourth-order valence-corrected chi connectivity index (χ4v) is 2.13. The highest BCUT2D eigenvalue weighted by molar-refractivity contribution is 7.98. The van der Waals surface area contributed by atoms with Crippen LogP contribution >= 0.6 is 11.9 Å². The van der Waals surface area contributed by atoms with Gasteiger partial charge >= 0.3 is 6.02 Å². The number of benzene rings is 1. The lowest BCUT2D eigenvalue weighted by Crippen LogP contribution is -2.22. The fourth-order valence-electron chi connectivity index (χ4n) is 1.44. The molecule has 1 aromatic rings. The summed E-state index contributed by atoms with van der Waals surface area (Å²) in [6, 6.07) is 5.07. The van der Waals surface area contributed by atoms with Crippen LogP contribution in [0.25, 0.3) is 0 Å². The number of rotatable bonds is 2. The summed E-state index contributed by atoms with van der Waals surface area (Å²) in [4.78, 5) is 5.07. The van der Waals surface area contributed by atoms with Gasteiger partial charge in [-0.15, -0.1) is 0 Å². The molecular weight excluding hydrogens is 227 g/mol. The van der Waals surface area contributed by atoms with Crippen LogP contribution in [0.4, 0.5) is 10.1 Å². The molecule has 1 saturated carbocycles. The van der Waals surface area contributed by atoms with Crippen LogP contribution in [0.3, 0.4) is 0 Å².